The fourth-order valence-corrected chi connectivity index (χ4v) is 2.37. The highest BCUT2D eigenvalue weighted by Gasteiger charge is 2.30. The Hall–Kier alpha value is -1.83. The van der Waals surface area contributed by atoms with E-state index in [1.54, 1.807) is 0 Å². The molecule has 1 aliphatic rings. The number of aliphatic carboxylic acids is 1. The van der Waals surface area contributed by atoms with Crippen molar-refractivity contribution in [3.8, 4) is 0 Å². The fraction of sp³-hybridized carbons (Fsp3) is 0.800. The zero-order chi connectivity index (χ0) is 17.3. The predicted molar refractivity (Wildman–Crippen MR) is 83.9 cm³/mol. The summed E-state index contributed by atoms with van der Waals surface area (Å²) in [4.78, 5) is 33.9. The molecule has 0 radical (unpaired) electrons. The maximum absolute atomic E-state index is 11.7. The summed E-state index contributed by atoms with van der Waals surface area (Å²) in [7, 11) is 0. The lowest BCUT2D eigenvalue weighted by Gasteiger charge is -2.22. The van der Waals surface area contributed by atoms with Crippen LogP contribution in [0.1, 0.15) is 51.9 Å². The molecule has 23 heavy (non-hydrogen) atoms. The largest absolute Gasteiger partial charge is 0.479 e. The summed E-state index contributed by atoms with van der Waals surface area (Å²) in [6.07, 6.45) is 6.14. The first-order chi connectivity index (χ1) is 10.8. The van der Waals surface area contributed by atoms with E-state index in [-0.39, 0.29) is 30.9 Å². The molecule has 0 saturated heterocycles. The SMILES string of the molecule is CC(O)(CNC(=O)CCCNC(=O)NC1CCCCC1)C(=O)O. The van der Waals surface area contributed by atoms with Gasteiger partial charge in [-0.25, -0.2) is 9.59 Å². The Morgan fingerprint density at radius 3 is 2.39 bits per heavy atom. The number of hydrogen-bond acceptors (Lipinski definition) is 4. The minimum atomic E-state index is -1.98. The van der Waals surface area contributed by atoms with Gasteiger partial charge in [-0.1, -0.05) is 19.3 Å². The van der Waals surface area contributed by atoms with E-state index in [0.717, 1.165) is 32.6 Å². The van der Waals surface area contributed by atoms with Crippen molar-refractivity contribution in [1.82, 2.24) is 16.0 Å². The highest BCUT2D eigenvalue weighted by Crippen LogP contribution is 2.17. The number of hydrogen-bond donors (Lipinski definition) is 5. The van der Waals surface area contributed by atoms with Crippen LogP contribution in [0.3, 0.4) is 0 Å². The molecule has 1 saturated carbocycles. The molecule has 0 spiro atoms. The first-order valence-corrected chi connectivity index (χ1v) is 8.08. The molecule has 5 N–H and O–H groups in total. The van der Waals surface area contributed by atoms with Gasteiger partial charge >= 0.3 is 12.0 Å². The molecule has 3 amide bonds. The van der Waals surface area contributed by atoms with Crippen LogP contribution in [0.15, 0.2) is 0 Å². The van der Waals surface area contributed by atoms with Crippen LogP contribution in [-0.2, 0) is 9.59 Å². The van der Waals surface area contributed by atoms with E-state index < -0.39 is 11.6 Å². The predicted octanol–water partition coefficient (Wildman–Crippen LogP) is 0.350. The highest BCUT2D eigenvalue weighted by atomic mass is 16.4. The molecule has 8 nitrogen and oxygen atoms in total. The van der Waals surface area contributed by atoms with Gasteiger partial charge < -0.3 is 26.2 Å². The van der Waals surface area contributed by atoms with E-state index in [1.165, 1.54) is 6.42 Å². The molecule has 1 rings (SSSR count). The van der Waals surface area contributed by atoms with Crippen molar-refractivity contribution in [1.29, 1.82) is 0 Å². The zero-order valence-corrected chi connectivity index (χ0v) is 13.6. The number of urea groups is 1. The van der Waals surface area contributed by atoms with E-state index in [9.17, 15) is 19.5 Å². The number of carboxylic acids is 1. The second-order valence-electron chi connectivity index (χ2n) is 6.19. The van der Waals surface area contributed by atoms with Gasteiger partial charge in [-0.05, 0) is 26.2 Å². The number of rotatable bonds is 8. The maximum Gasteiger partial charge on any atom is 0.337 e. The van der Waals surface area contributed by atoms with E-state index in [4.69, 9.17) is 5.11 Å². The smallest absolute Gasteiger partial charge is 0.337 e. The van der Waals surface area contributed by atoms with Crippen molar-refractivity contribution in [3.05, 3.63) is 0 Å². The van der Waals surface area contributed by atoms with Gasteiger partial charge in [-0.2, -0.15) is 0 Å². The minimum Gasteiger partial charge on any atom is -0.479 e. The molecule has 0 aromatic rings. The molecule has 0 aliphatic heterocycles. The van der Waals surface area contributed by atoms with Crippen LogP contribution < -0.4 is 16.0 Å². The highest BCUT2D eigenvalue weighted by molar-refractivity contribution is 5.80. The first-order valence-electron chi connectivity index (χ1n) is 8.08. The molecular formula is C15H27N3O5. The van der Waals surface area contributed by atoms with Gasteiger partial charge in [0.1, 0.15) is 0 Å². The van der Waals surface area contributed by atoms with Gasteiger partial charge in [-0.15, -0.1) is 0 Å². The van der Waals surface area contributed by atoms with Crippen molar-refractivity contribution < 1.29 is 24.6 Å². The van der Waals surface area contributed by atoms with Crippen LogP contribution in [0.5, 0.6) is 0 Å². The quantitative estimate of drug-likeness (QED) is 0.411. The number of carboxylic acid groups (broad SMARTS) is 1. The molecule has 1 aliphatic carbocycles. The molecule has 0 aromatic heterocycles. The lowest BCUT2D eigenvalue weighted by atomic mass is 9.96. The summed E-state index contributed by atoms with van der Waals surface area (Å²) in [5.41, 5.74) is -1.98. The Kier molecular flexibility index (Phi) is 7.80. The molecule has 0 aromatic carbocycles. The Labute approximate surface area is 136 Å². The number of aliphatic hydroxyl groups is 1. The zero-order valence-electron chi connectivity index (χ0n) is 13.6. The summed E-state index contributed by atoms with van der Waals surface area (Å²) in [6.45, 7) is 1.13. The minimum absolute atomic E-state index is 0.152. The number of carbonyl (C=O) groups excluding carboxylic acids is 2. The van der Waals surface area contributed by atoms with Crippen LogP contribution in [0.2, 0.25) is 0 Å². The number of nitrogens with one attached hydrogen (secondary N) is 3. The lowest BCUT2D eigenvalue weighted by Crippen LogP contribution is -2.46. The normalized spacial score (nSPS) is 17.8. The molecule has 8 heteroatoms. The van der Waals surface area contributed by atoms with E-state index in [0.29, 0.717) is 13.0 Å². The standard InChI is InChI=1S/C15H27N3O5/c1-15(23,13(20)21)10-17-12(19)8-5-9-16-14(22)18-11-6-3-2-4-7-11/h11,23H,2-10H2,1H3,(H,17,19)(H,20,21)(H2,16,18,22). The molecule has 0 heterocycles. The topological polar surface area (TPSA) is 128 Å². The maximum atomic E-state index is 11.7. The third-order valence-electron chi connectivity index (χ3n) is 3.90. The average molecular weight is 329 g/mol. The van der Waals surface area contributed by atoms with E-state index >= 15 is 0 Å². The molecule has 132 valence electrons. The van der Waals surface area contributed by atoms with Crippen molar-refractivity contribution in [3.63, 3.8) is 0 Å². The Bertz CT molecular complexity index is 419. The van der Waals surface area contributed by atoms with E-state index in [2.05, 4.69) is 16.0 Å². The molecule has 1 atom stereocenters. The van der Waals surface area contributed by atoms with Crippen LogP contribution in [0.4, 0.5) is 4.79 Å². The molecular weight excluding hydrogens is 302 g/mol. The molecule has 1 unspecified atom stereocenters. The Morgan fingerprint density at radius 1 is 1.13 bits per heavy atom. The summed E-state index contributed by atoms with van der Waals surface area (Å²) >= 11 is 0. The van der Waals surface area contributed by atoms with Crippen LogP contribution in [0, 0.1) is 0 Å². The van der Waals surface area contributed by atoms with Crippen molar-refractivity contribution in [2.24, 2.45) is 0 Å². The third-order valence-corrected chi connectivity index (χ3v) is 3.90. The van der Waals surface area contributed by atoms with Crippen molar-refractivity contribution in [2.75, 3.05) is 13.1 Å². The fourth-order valence-electron chi connectivity index (χ4n) is 2.37. The van der Waals surface area contributed by atoms with Crippen LogP contribution >= 0.6 is 0 Å². The Balaban J connectivity index is 2.08. The van der Waals surface area contributed by atoms with E-state index in [1.807, 2.05) is 0 Å². The molecule has 1 fully saturated rings. The van der Waals surface area contributed by atoms with Gasteiger partial charge in [0.25, 0.3) is 0 Å². The Morgan fingerprint density at radius 2 is 1.78 bits per heavy atom. The first kappa shape index (κ1) is 19.2. The number of amides is 3. The summed E-state index contributed by atoms with van der Waals surface area (Å²) in [5, 5.41) is 26.1. The summed E-state index contributed by atoms with van der Waals surface area (Å²) < 4.78 is 0. The molecule has 0 bridgehead atoms. The monoisotopic (exact) mass is 329 g/mol. The van der Waals surface area contributed by atoms with Gasteiger partial charge in [0.15, 0.2) is 5.60 Å². The van der Waals surface area contributed by atoms with Crippen LogP contribution in [-0.4, -0.2) is 52.9 Å². The van der Waals surface area contributed by atoms with Gasteiger partial charge in [0.05, 0.1) is 6.54 Å². The summed E-state index contributed by atoms with van der Waals surface area (Å²) in [6, 6.07) is 0.0245. The van der Waals surface area contributed by atoms with Crippen molar-refractivity contribution >= 4 is 17.9 Å². The van der Waals surface area contributed by atoms with Crippen LogP contribution in [0.25, 0.3) is 0 Å². The lowest BCUT2D eigenvalue weighted by molar-refractivity contribution is -0.156. The number of carbonyl (C=O) groups is 3. The van der Waals surface area contributed by atoms with Gasteiger partial charge in [0, 0.05) is 19.0 Å². The van der Waals surface area contributed by atoms with Gasteiger partial charge in [0.2, 0.25) is 5.91 Å². The average Bonchev–Trinajstić information content (AvgIpc) is 2.50. The van der Waals surface area contributed by atoms with Gasteiger partial charge in [-0.3, -0.25) is 4.79 Å². The second-order valence-corrected chi connectivity index (χ2v) is 6.19. The van der Waals surface area contributed by atoms with Crippen molar-refractivity contribution in [2.45, 2.75) is 63.5 Å². The third kappa shape index (κ3) is 7.83. The summed E-state index contributed by atoms with van der Waals surface area (Å²) in [5.74, 6) is -1.75. The second kappa shape index (κ2) is 9.34.